The number of benzene rings is 2. The molecular weight excluding hydrogens is 573 g/mol. The first kappa shape index (κ1) is 30.3. The lowest BCUT2D eigenvalue weighted by atomic mass is 9.90. The monoisotopic (exact) mass is 601 g/mol. The van der Waals surface area contributed by atoms with Crippen molar-refractivity contribution in [2.45, 2.75) is 50.0 Å². The molecule has 0 aliphatic heterocycles. The molecule has 1 atom stereocenters. The molecular formula is C31H28F5N3O4. The summed E-state index contributed by atoms with van der Waals surface area (Å²) in [6.45, 7) is 0.891. The summed E-state index contributed by atoms with van der Waals surface area (Å²) in [5.41, 5.74) is -6.90. The maximum atomic E-state index is 15.5. The Bertz CT molecular complexity index is 1700. The van der Waals surface area contributed by atoms with Gasteiger partial charge >= 0.3 is 6.18 Å². The SMILES string of the molecule is COc1cc(C(=O)NCC(O)(c2cc(C(C)(C)O)c(F)c(-c3ccc(F)cc3)n2)C(F)(F)F)cc2ccc(C3CC3)nc12. The van der Waals surface area contributed by atoms with Crippen LogP contribution in [0.25, 0.3) is 22.2 Å². The largest absolute Gasteiger partial charge is 0.494 e. The molecule has 1 aliphatic rings. The molecule has 0 spiro atoms. The fourth-order valence-corrected chi connectivity index (χ4v) is 4.74. The van der Waals surface area contributed by atoms with Crippen molar-refractivity contribution in [1.82, 2.24) is 15.3 Å². The highest BCUT2D eigenvalue weighted by Crippen LogP contribution is 2.42. The Morgan fingerprint density at radius 1 is 1.00 bits per heavy atom. The normalized spacial score (nSPS) is 15.3. The number of hydrogen-bond acceptors (Lipinski definition) is 6. The van der Waals surface area contributed by atoms with Crippen LogP contribution >= 0.6 is 0 Å². The number of amides is 1. The average molecular weight is 602 g/mol. The van der Waals surface area contributed by atoms with E-state index < -0.39 is 58.4 Å². The summed E-state index contributed by atoms with van der Waals surface area (Å²) >= 11 is 0. The van der Waals surface area contributed by atoms with Crippen LogP contribution in [-0.2, 0) is 11.2 Å². The third kappa shape index (κ3) is 5.89. The van der Waals surface area contributed by atoms with Crippen molar-refractivity contribution in [1.29, 1.82) is 0 Å². The Balaban J connectivity index is 1.53. The number of fused-ring (bicyclic) bond motifs is 1. The Morgan fingerprint density at radius 3 is 2.26 bits per heavy atom. The van der Waals surface area contributed by atoms with Crippen LogP contribution in [0.2, 0.25) is 0 Å². The van der Waals surface area contributed by atoms with E-state index in [0.717, 1.165) is 56.6 Å². The zero-order chi connectivity index (χ0) is 31.3. The summed E-state index contributed by atoms with van der Waals surface area (Å²) in [4.78, 5) is 21.5. The summed E-state index contributed by atoms with van der Waals surface area (Å²) in [6, 6.07) is 11.1. The minimum atomic E-state index is -5.41. The Labute approximate surface area is 243 Å². The average Bonchev–Trinajstić information content (AvgIpc) is 3.80. The van der Waals surface area contributed by atoms with E-state index in [-0.39, 0.29) is 16.9 Å². The van der Waals surface area contributed by atoms with Gasteiger partial charge in [-0.05, 0) is 75.2 Å². The number of alkyl halides is 3. The molecule has 1 amide bonds. The van der Waals surface area contributed by atoms with Crippen molar-refractivity contribution in [3.8, 4) is 17.0 Å². The molecule has 0 radical (unpaired) electrons. The van der Waals surface area contributed by atoms with Gasteiger partial charge in [-0.1, -0.05) is 6.07 Å². The van der Waals surface area contributed by atoms with Crippen LogP contribution in [0.1, 0.15) is 59.9 Å². The number of methoxy groups -OCH3 is 1. The molecule has 1 fully saturated rings. The number of aromatic nitrogens is 2. The summed E-state index contributed by atoms with van der Waals surface area (Å²) in [5.74, 6) is -2.19. The molecule has 3 N–H and O–H groups in total. The predicted octanol–water partition coefficient (Wildman–Crippen LogP) is 5.87. The van der Waals surface area contributed by atoms with Crippen molar-refractivity contribution < 1.29 is 41.7 Å². The van der Waals surface area contributed by atoms with Crippen molar-refractivity contribution in [2.75, 3.05) is 13.7 Å². The lowest BCUT2D eigenvalue weighted by molar-refractivity contribution is -0.265. The zero-order valence-corrected chi connectivity index (χ0v) is 23.4. The first-order chi connectivity index (χ1) is 20.1. The van der Waals surface area contributed by atoms with E-state index in [0.29, 0.717) is 22.9 Å². The topological polar surface area (TPSA) is 105 Å². The molecule has 12 heteroatoms. The molecule has 7 nitrogen and oxygen atoms in total. The fourth-order valence-electron chi connectivity index (χ4n) is 4.74. The smallest absolute Gasteiger partial charge is 0.424 e. The highest BCUT2D eigenvalue weighted by molar-refractivity contribution is 6.00. The van der Waals surface area contributed by atoms with Gasteiger partial charge in [-0.3, -0.25) is 4.79 Å². The number of rotatable bonds is 8. The second kappa shape index (κ2) is 10.8. The van der Waals surface area contributed by atoms with E-state index in [1.807, 2.05) is 6.07 Å². The third-order valence-electron chi connectivity index (χ3n) is 7.39. The Morgan fingerprint density at radius 2 is 1.67 bits per heavy atom. The van der Waals surface area contributed by atoms with Crippen molar-refractivity contribution in [3.05, 3.63) is 88.7 Å². The molecule has 1 aliphatic carbocycles. The summed E-state index contributed by atoms with van der Waals surface area (Å²) in [7, 11) is 1.38. The van der Waals surface area contributed by atoms with E-state index in [2.05, 4.69) is 15.3 Å². The van der Waals surface area contributed by atoms with Crippen molar-refractivity contribution >= 4 is 16.8 Å². The van der Waals surface area contributed by atoms with Gasteiger partial charge < -0.3 is 20.3 Å². The highest BCUT2D eigenvalue weighted by Gasteiger charge is 2.57. The van der Waals surface area contributed by atoms with Gasteiger partial charge in [0.05, 0.1) is 24.9 Å². The standard InChI is InChI=1S/C31H28F5N3O4/c1-29(2,41)21-14-24(39-27(25(21)33)17-6-9-20(32)10-7-17)30(42,31(34,35)36)15-37-28(40)19-12-18-8-11-22(16-4-5-16)38-26(18)23(13-19)43-3/h6-14,16,41-42H,4-5,15H2,1-3H3,(H,37,40). The molecule has 1 unspecified atom stereocenters. The van der Waals surface area contributed by atoms with Gasteiger partial charge in [0.25, 0.3) is 5.91 Å². The molecule has 43 heavy (non-hydrogen) atoms. The summed E-state index contributed by atoms with van der Waals surface area (Å²) < 4.78 is 77.9. The predicted molar refractivity (Wildman–Crippen MR) is 147 cm³/mol. The molecule has 0 bridgehead atoms. The number of pyridine rings is 2. The van der Waals surface area contributed by atoms with E-state index in [1.165, 1.54) is 19.2 Å². The molecule has 2 heterocycles. The summed E-state index contributed by atoms with van der Waals surface area (Å²) in [5, 5.41) is 24.3. The lowest BCUT2D eigenvalue weighted by Gasteiger charge is -2.32. The number of nitrogens with zero attached hydrogens (tertiary/aromatic N) is 2. The zero-order valence-electron chi connectivity index (χ0n) is 23.4. The maximum Gasteiger partial charge on any atom is 0.424 e. The number of carbonyl (C=O) groups excluding carboxylic acids is 1. The second-order valence-corrected chi connectivity index (χ2v) is 11.1. The van der Waals surface area contributed by atoms with Crippen LogP contribution in [0.3, 0.4) is 0 Å². The van der Waals surface area contributed by atoms with Crippen LogP contribution in [0.15, 0.2) is 54.6 Å². The summed E-state index contributed by atoms with van der Waals surface area (Å²) in [6.07, 6.45) is -3.36. The maximum absolute atomic E-state index is 15.5. The van der Waals surface area contributed by atoms with Gasteiger partial charge in [0.1, 0.15) is 22.8 Å². The van der Waals surface area contributed by atoms with Gasteiger partial charge in [0.2, 0.25) is 5.60 Å². The molecule has 1 saturated carbocycles. The van der Waals surface area contributed by atoms with Gasteiger partial charge in [-0.2, -0.15) is 13.2 Å². The van der Waals surface area contributed by atoms with E-state index >= 15 is 4.39 Å². The first-order valence-electron chi connectivity index (χ1n) is 13.4. The second-order valence-electron chi connectivity index (χ2n) is 11.1. The quantitative estimate of drug-likeness (QED) is 0.218. The minimum absolute atomic E-state index is 0.0499. The number of aliphatic hydroxyl groups is 2. The van der Waals surface area contributed by atoms with Gasteiger partial charge in [-0.25, -0.2) is 18.7 Å². The number of halogens is 5. The van der Waals surface area contributed by atoms with Crippen LogP contribution in [0.4, 0.5) is 22.0 Å². The van der Waals surface area contributed by atoms with E-state index in [9.17, 15) is 32.6 Å². The van der Waals surface area contributed by atoms with E-state index in [1.54, 1.807) is 6.07 Å². The van der Waals surface area contributed by atoms with Crippen LogP contribution in [-0.4, -0.2) is 45.9 Å². The molecule has 4 aromatic rings. The van der Waals surface area contributed by atoms with Gasteiger partial charge in [0, 0.05) is 33.7 Å². The van der Waals surface area contributed by atoms with Gasteiger partial charge in [0.15, 0.2) is 5.82 Å². The van der Waals surface area contributed by atoms with Crippen molar-refractivity contribution in [2.24, 2.45) is 0 Å². The van der Waals surface area contributed by atoms with Gasteiger partial charge in [-0.15, -0.1) is 0 Å². The Hall–Kier alpha value is -4.16. The number of carbonyl (C=O) groups is 1. The molecule has 2 aromatic carbocycles. The molecule has 2 aromatic heterocycles. The van der Waals surface area contributed by atoms with Crippen LogP contribution in [0, 0.1) is 11.6 Å². The number of ether oxygens (including phenoxy) is 1. The highest BCUT2D eigenvalue weighted by atomic mass is 19.4. The molecule has 226 valence electrons. The van der Waals surface area contributed by atoms with E-state index in [4.69, 9.17) is 4.74 Å². The molecule has 0 saturated heterocycles. The van der Waals surface area contributed by atoms with Crippen LogP contribution in [0.5, 0.6) is 5.75 Å². The third-order valence-corrected chi connectivity index (χ3v) is 7.39. The first-order valence-corrected chi connectivity index (χ1v) is 13.4. The minimum Gasteiger partial charge on any atom is -0.494 e. The Kier molecular flexibility index (Phi) is 7.64. The lowest BCUT2D eigenvalue weighted by Crippen LogP contribution is -2.51. The van der Waals surface area contributed by atoms with Crippen LogP contribution < -0.4 is 10.1 Å². The molecule has 5 rings (SSSR count). The fraction of sp³-hybridized carbons (Fsp3) is 0.323. The van der Waals surface area contributed by atoms with Crippen molar-refractivity contribution in [3.63, 3.8) is 0 Å². The number of hydrogen-bond donors (Lipinski definition) is 3. The number of nitrogens with one attached hydrogen (secondary N) is 1.